The minimum atomic E-state index is 0.512. The zero-order valence-electron chi connectivity index (χ0n) is 9.59. The molecule has 0 radical (unpaired) electrons. The van der Waals surface area contributed by atoms with Gasteiger partial charge in [0, 0.05) is 29.1 Å². The molecule has 0 spiro atoms. The Kier molecular flexibility index (Phi) is 2.78. The number of likely N-dealkylation sites (N-methyl/N-ethyl adjacent to an activating group) is 1. The number of nitrogens with one attached hydrogen (secondary N) is 2. The van der Waals surface area contributed by atoms with Crippen LogP contribution in [0.15, 0.2) is 24.3 Å². The summed E-state index contributed by atoms with van der Waals surface area (Å²) < 4.78 is 0. The van der Waals surface area contributed by atoms with E-state index in [9.17, 15) is 0 Å². The van der Waals surface area contributed by atoms with Gasteiger partial charge >= 0.3 is 0 Å². The Morgan fingerprint density at radius 2 is 2.20 bits per heavy atom. The molecule has 0 aliphatic heterocycles. The zero-order valence-corrected chi connectivity index (χ0v) is 9.59. The molecule has 15 heavy (non-hydrogen) atoms. The third-order valence-corrected chi connectivity index (χ3v) is 2.96. The lowest BCUT2D eigenvalue weighted by molar-refractivity contribution is 0.603. The van der Waals surface area contributed by atoms with Crippen LogP contribution in [0.5, 0.6) is 0 Å². The summed E-state index contributed by atoms with van der Waals surface area (Å²) in [5.41, 5.74) is 3.89. The van der Waals surface area contributed by atoms with Crippen LogP contribution in [-0.4, -0.2) is 18.1 Å². The lowest BCUT2D eigenvalue weighted by atomic mass is 10.1. The van der Waals surface area contributed by atoms with E-state index in [2.05, 4.69) is 48.4 Å². The summed E-state index contributed by atoms with van der Waals surface area (Å²) in [4.78, 5) is 3.46. The number of benzene rings is 1. The molecule has 1 unspecified atom stereocenters. The van der Waals surface area contributed by atoms with E-state index in [-0.39, 0.29) is 0 Å². The number of fused-ring (bicyclic) bond motifs is 1. The highest BCUT2D eigenvalue weighted by atomic mass is 14.9. The normalized spacial score (nSPS) is 13.3. The molecule has 1 aromatic carbocycles. The fourth-order valence-corrected chi connectivity index (χ4v) is 1.91. The van der Waals surface area contributed by atoms with Crippen molar-refractivity contribution in [1.29, 1.82) is 0 Å². The second-order valence-corrected chi connectivity index (χ2v) is 4.22. The van der Waals surface area contributed by atoms with Crippen LogP contribution in [0.4, 0.5) is 0 Å². The first-order valence-electron chi connectivity index (χ1n) is 5.45. The summed E-state index contributed by atoms with van der Waals surface area (Å²) in [6.45, 7) is 4.35. The smallest absolute Gasteiger partial charge is 0.0458 e. The van der Waals surface area contributed by atoms with Crippen molar-refractivity contribution in [3.63, 3.8) is 0 Å². The van der Waals surface area contributed by atoms with Crippen molar-refractivity contribution in [2.45, 2.75) is 26.3 Å². The van der Waals surface area contributed by atoms with E-state index >= 15 is 0 Å². The van der Waals surface area contributed by atoms with Gasteiger partial charge in [0.2, 0.25) is 0 Å². The minimum absolute atomic E-state index is 0.512. The largest absolute Gasteiger partial charge is 0.358 e. The van der Waals surface area contributed by atoms with E-state index in [0.29, 0.717) is 6.04 Å². The van der Waals surface area contributed by atoms with Gasteiger partial charge in [-0.25, -0.2) is 0 Å². The summed E-state index contributed by atoms with van der Waals surface area (Å²) in [6.07, 6.45) is 1.05. The topological polar surface area (TPSA) is 27.8 Å². The van der Waals surface area contributed by atoms with Crippen molar-refractivity contribution in [2.24, 2.45) is 0 Å². The van der Waals surface area contributed by atoms with Crippen LogP contribution in [0.25, 0.3) is 10.9 Å². The minimum Gasteiger partial charge on any atom is -0.358 e. The predicted octanol–water partition coefficient (Wildman–Crippen LogP) is 2.63. The molecule has 0 amide bonds. The fourth-order valence-electron chi connectivity index (χ4n) is 1.91. The van der Waals surface area contributed by atoms with Crippen LogP contribution < -0.4 is 5.32 Å². The summed E-state index contributed by atoms with van der Waals surface area (Å²) >= 11 is 0. The summed E-state index contributed by atoms with van der Waals surface area (Å²) in [6, 6.07) is 9.16. The zero-order chi connectivity index (χ0) is 10.8. The first-order valence-corrected chi connectivity index (χ1v) is 5.45. The molecular weight excluding hydrogens is 184 g/mol. The highest BCUT2D eigenvalue weighted by Crippen LogP contribution is 2.19. The number of aryl methyl sites for hydroxylation is 1. The molecule has 2 N–H and O–H groups in total. The molecule has 0 aliphatic rings. The van der Waals surface area contributed by atoms with Crippen LogP contribution in [0.3, 0.4) is 0 Å². The van der Waals surface area contributed by atoms with E-state index in [0.717, 1.165) is 6.42 Å². The fraction of sp³-hybridized carbons (Fsp3) is 0.385. The Balaban J connectivity index is 2.35. The van der Waals surface area contributed by atoms with Gasteiger partial charge in [0.05, 0.1) is 0 Å². The highest BCUT2D eigenvalue weighted by molar-refractivity contribution is 5.83. The highest BCUT2D eigenvalue weighted by Gasteiger charge is 2.05. The molecule has 0 fully saturated rings. The number of rotatable bonds is 3. The molecule has 0 bridgehead atoms. The molecule has 1 heterocycles. The number of hydrogen-bond donors (Lipinski definition) is 2. The van der Waals surface area contributed by atoms with Crippen LogP contribution in [0, 0.1) is 6.92 Å². The van der Waals surface area contributed by atoms with Crippen molar-refractivity contribution >= 4 is 10.9 Å². The van der Waals surface area contributed by atoms with Gasteiger partial charge in [-0.2, -0.15) is 0 Å². The van der Waals surface area contributed by atoms with E-state index in [1.165, 1.54) is 22.2 Å². The quantitative estimate of drug-likeness (QED) is 0.786. The Morgan fingerprint density at radius 3 is 2.87 bits per heavy atom. The maximum absolute atomic E-state index is 3.46. The van der Waals surface area contributed by atoms with Crippen molar-refractivity contribution in [3.8, 4) is 0 Å². The Bertz CT molecular complexity index is 457. The molecule has 0 saturated carbocycles. The van der Waals surface area contributed by atoms with Gasteiger partial charge in [-0.3, -0.25) is 0 Å². The van der Waals surface area contributed by atoms with E-state index < -0.39 is 0 Å². The number of H-pyrrole nitrogens is 1. The standard InChI is InChI=1S/C13H18N2/c1-9-5-4-6-13-12(9)8-11(15-13)7-10(2)14-3/h4-6,8,10,14-15H,7H2,1-3H3. The Labute approximate surface area is 90.7 Å². The maximum atomic E-state index is 3.46. The van der Waals surface area contributed by atoms with Crippen molar-refractivity contribution in [3.05, 3.63) is 35.5 Å². The second-order valence-electron chi connectivity index (χ2n) is 4.22. The molecule has 2 nitrogen and oxygen atoms in total. The first kappa shape index (κ1) is 10.2. The SMILES string of the molecule is CNC(C)Cc1cc2c(C)cccc2[nH]1. The summed E-state index contributed by atoms with van der Waals surface area (Å²) in [5.74, 6) is 0. The van der Waals surface area contributed by atoms with Crippen molar-refractivity contribution in [2.75, 3.05) is 7.05 Å². The summed E-state index contributed by atoms with van der Waals surface area (Å²) in [7, 11) is 2.00. The van der Waals surface area contributed by atoms with Crippen molar-refractivity contribution in [1.82, 2.24) is 10.3 Å². The van der Waals surface area contributed by atoms with Gasteiger partial charge in [0.1, 0.15) is 0 Å². The average Bonchev–Trinajstić information content (AvgIpc) is 2.62. The molecule has 0 aliphatic carbocycles. The van der Waals surface area contributed by atoms with Gasteiger partial charge in [-0.15, -0.1) is 0 Å². The molecule has 1 aromatic heterocycles. The molecule has 1 atom stereocenters. The lowest BCUT2D eigenvalue weighted by Crippen LogP contribution is -2.23. The predicted molar refractivity (Wildman–Crippen MR) is 65.3 cm³/mol. The van der Waals surface area contributed by atoms with Crippen LogP contribution in [0.1, 0.15) is 18.2 Å². The Morgan fingerprint density at radius 1 is 1.40 bits per heavy atom. The molecule has 0 saturated heterocycles. The summed E-state index contributed by atoms with van der Waals surface area (Å²) in [5, 5.41) is 4.60. The molecular formula is C13H18N2. The third-order valence-electron chi connectivity index (χ3n) is 2.96. The molecule has 80 valence electrons. The average molecular weight is 202 g/mol. The van der Waals surface area contributed by atoms with E-state index in [1.54, 1.807) is 0 Å². The van der Waals surface area contributed by atoms with Crippen LogP contribution >= 0.6 is 0 Å². The number of hydrogen-bond acceptors (Lipinski definition) is 1. The monoisotopic (exact) mass is 202 g/mol. The molecule has 2 rings (SSSR count). The van der Waals surface area contributed by atoms with Gasteiger partial charge < -0.3 is 10.3 Å². The van der Waals surface area contributed by atoms with Gasteiger partial charge in [-0.05, 0) is 38.6 Å². The Hall–Kier alpha value is -1.28. The number of aromatic nitrogens is 1. The van der Waals surface area contributed by atoms with Crippen LogP contribution in [0.2, 0.25) is 0 Å². The van der Waals surface area contributed by atoms with Crippen molar-refractivity contribution < 1.29 is 0 Å². The maximum Gasteiger partial charge on any atom is 0.0458 e. The number of aromatic amines is 1. The first-order chi connectivity index (χ1) is 7.20. The van der Waals surface area contributed by atoms with Gasteiger partial charge in [0.25, 0.3) is 0 Å². The lowest BCUT2D eigenvalue weighted by Gasteiger charge is -2.07. The van der Waals surface area contributed by atoms with E-state index in [1.807, 2.05) is 7.05 Å². The molecule has 2 heteroatoms. The third kappa shape index (κ3) is 2.05. The molecule has 2 aromatic rings. The van der Waals surface area contributed by atoms with Gasteiger partial charge in [-0.1, -0.05) is 12.1 Å². The van der Waals surface area contributed by atoms with Gasteiger partial charge in [0.15, 0.2) is 0 Å². The van der Waals surface area contributed by atoms with E-state index in [4.69, 9.17) is 0 Å². The second kappa shape index (κ2) is 4.07. The van der Waals surface area contributed by atoms with Crippen LogP contribution in [-0.2, 0) is 6.42 Å².